The largest absolute Gasteiger partial charge is 0.456 e. The van der Waals surface area contributed by atoms with Crippen LogP contribution >= 0.6 is 11.6 Å². The minimum atomic E-state index is -0.399. The van der Waals surface area contributed by atoms with Gasteiger partial charge in [0.15, 0.2) is 0 Å². The van der Waals surface area contributed by atoms with Gasteiger partial charge >= 0.3 is 5.97 Å². The Labute approximate surface area is 135 Å². The molecule has 0 saturated carbocycles. The molecule has 0 N–H and O–H groups in total. The van der Waals surface area contributed by atoms with Crippen LogP contribution in [0.5, 0.6) is 0 Å². The lowest BCUT2D eigenvalue weighted by Gasteiger charge is -2.03. The summed E-state index contributed by atoms with van der Waals surface area (Å²) in [7, 11) is 0. The molecule has 0 aromatic carbocycles. The topological polar surface area (TPSA) is 60.9 Å². The van der Waals surface area contributed by atoms with E-state index in [2.05, 4.69) is 9.97 Å². The van der Waals surface area contributed by atoms with Crippen molar-refractivity contribution in [1.29, 1.82) is 0 Å². The molecule has 0 aliphatic rings. The van der Waals surface area contributed by atoms with Gasteiger partial charge in [0, 0.05) is 18.6 Å². The third-order valence-corrected chi connectivity index (χ3v) is 3.69. The van der Waals surface area contributed by atoms with Crippen molar-refractivity contribution >= 4 is 28.7 Å². The lowest BCUT2D eigenvalue weighted by molar-refractivity contribution is 0.0468. The number of rotatable bonds is 3. The van der Waals surface area contributed by atoms with Crippen molar-refractivity contribution in [2.24, 2.45) is 0 Å². The average molecular weight is 327 g/mol. The zero-order chi connectivity index (χ0) is 15.8. The summed E-state index contributed by atoms with van der Waals surface area (Å²) in [5.41, 5.74) is 2.72. The zero-order valence-corrected chi connectivity index (χ0v) is 12.6. The molecule has 0 radical (unpaired) electrons. The number of carbonyl (C=O) groups is 1. The number of hydrogen-bond acceptors (Lipinski definition) is 4. The number of hydrogen-bond donors (Lipinski definition) is 0. The molecule has 114 valence electrons. The van der Waals surface area contributed by atoms with Crippen LogP contribution in [0.3, 0.4) is 0 Å². The first kappa shape index (κ1) is 13.8. The Bertz CT molecular complexity index is 1020. The molecule has 4 heterocycles. The van der Waals surface area contributed by atoms with Crippen molar-refractivity contribution in [2.75, 3.05) is 0 Å². The Kier molecular flexibility index (Phi) is 3.24. The van der Waals surface area contributed by atoms with Gasteiger partial charge in [0.2, 0.25) is 0 Å². The molecule has 4 aromatic heterocycles. The summed E-state index contributed by atoms with van der Waals surface area (Å²) in [6, 6.07) is 7.00. The second kappa shape index (κ2) is 5.40. The predicted molar refractivity (Wildman–Crippen MR) is 84.5 cm³/mol. The third-order valence-electron chi connectivity index (χ3n) is 3.47. The third kappa shape index (κ3) is 2.64. The molecule has 4 aromatic rings. The van der Waals surface area contributed by atoms with Crippen LogP contribution in [0.2, 0.25) is 5.02 Å². The van der Waals surface area contributed by atoms with Crippen molar-refractivity contribution in [3.8, 4) is 0 Å². The lowest BCUT2D eigenvalue weighted by Crippen LogP contribution is -2.05. The quantitative estimate of drug-likeness (QED) is 0.543. The molecule has 0 aliphatic heterocycles. The second-order valence-corrected chi connectivity index (χ2v) is 5.50. The van der Waals surface area contributed by atoms with Crippen LogP contribution in [0.25, 0.3) is 11.2 Å². The van der Waals surface area contributed by atoms with E-state index in [-0.39, 0.29) is 6.61 Å². The number of pyridine rings is 2. The van der Waals surface area contributed by atoms with E-state index in [1.165, 1.54) is 0 Å². The molecule has 0 bridgehead atoms. The first-order valence-corrected chi connectivity index (χ1v) is 7.29. The first-order valence-electron chi connectivity index (χ1n) is 6.91. The van der Waals surface area contributed by atoms with E-state index in [0.717, 1.165) is 11.2 Å². The van der Waals surface area contributed by atoms with Gasteiger partial charge in [0.1, 0.15) is 12.3 Å². The van der Waals surface area contributed by atoms with Gasteiger partial charge in [-0.1, -0.05) is 11.6 Å². The van der Waals surface area contributed by atoms with Gasteiger partial charge in [-0.15, -0.1) is 0 Å². The summed E-state index contributed by atoms with van der Waals surface area (Å²) < 4.78 is 8.94. The molecule has 23 heavy (non-hydrogen) atoms. The van der Waals surface area contributed by atoms with E-state index in [1.54, 1.807) is 59.8 Å². The summed E-state index contributed by atoms with van der Waals surface area (Å²) >= 11 is 5.93. The molecule has 4 rings (SSSR count). The Morgan fingerprint density at radius 1 is 1.22 bits per heavy atom. The van der Waals surface area contributed by atoms with Gasteiger partial charge in [-0.05, 0) is 24.3 Å². The van der Waals surface area contributed by atoms with Gasteiger partial charge in [0.05, 0.1) is 34.3 Å². The van der Waals surface area contributed by atoms with Gasteiger partial charge in [-0.3, -0.25) is 0 Å². The zero-order valence-electron chi connectivity index (χ0n) is 11.9. The van der Waals surface area contributed by atoms with Gasteiger partial charge in [0.25, 0.3) is 0 Å². The summed E-state index contributed by atoms with van der Waals surface area (Å²) in [6.07, 6.45) is 8.66. The Balaban J connectivity index is 1.51. The molecule has 0 fully saturated rings. The van der Waals surface area contributed by atoms with Gasteiger partial charge in [-0.2, -0.15) is 0 Å². The van der Waals surface area contributed by atoms with Crippen molar-refractivity contribution in [1.82, 2.24) is 18.8 Å². The summed E-state index contributed by atoms with van der Waals surface area (Å²) in [6.45, 7) is 0.0998. The average Bonchev–Trinajstić information content (AvgIpc) is 3.17. The normalized spacial score (nSPS) is 11.2. The number of ether oxygens (including phenoxy) is 1. The number of imidazole rings is 2. The van der Waals surface area contributed by atoms with Crippen molar-refractivity contribution in [3.63, 3.8) is 0 Å². The van der Waals surface area contributed by atoms with E-state index >= 15 is 0 Å². The van der Waals surface area contributed by atoms with Crippen LogP contribution in [-0.2, 0) is 11.3 Å². The predicted octanol–water partition coefficient (Wildman–Crippen LogP) is 2.99. The van der Waals surface area contributed by atoms with Crippen LogP contribution in [0.1, 0.15) is 16.1 Å². The maximum atomic E-state index is 12.1. The molecular formula is C16H11ClN4O2. The maximum absolute atomic E-state index is 12.1. The van der Waals surface area contributed by atoms with E-state index in [4.69, 9.17) is 16.3 Å². The van der Waals surface area contributed by atoms with Crippen LogP contribution in [-0.4, -0.2) is 24.7 Å². The van der Waals surface area contributed by atoms with Gasteiger partial charge < -0.3 is 13.5 Å². The fraction of sp³-hybridized carbons (Fsp3) is 0.0625. The summed E-state index contributed by atoms with van der Waals surface area (Å²) in [5, 5.41) is 0.618. The number of halogens is 1. The molecule has 0 amide bonds. The highest BCUT2D eigenvalue weighted by atomic mass is 35.5. The highest BCUT2D eigenvalue weighted by molar-refractivity contribution is 6.30. The molecule has 0 atom stereocenters. The molecule has 0 aliphatic carbocycles. The fourth-order valence-electron chi connectivity index (χ4n) is 2.36. The lowest BCUT2D eigenvalue weighted by atomic mass is 10.2. The Hall–Kier alpha value is -2.86. The monoisotopic (exact) mass is 326 g/mol. The number of esters is 1. The maximum Gasteiger partial charge on any atom is 0.338 e. The number of fused-ring (bicyclic) bond motifs is 2. The minimum absolute atomic E-state index is 0.0998. The Morgan fingerprint density at radius 2 is 2.13 bits per heavy atom. The first-order chi connectivity index (χ1) is 11.2. The highest BCUT2D eigenvalue weighted by Crippen LogP contribution is 2.13. The van der Waals surface area contributed by atoms with Crippen LogP contribution < -0.4 is 0 Å². The van der Waals surface area contributed by atoms with Crippen LogP contribution in [0, 0.1) is 0 Å². The molecule has 0 unspecified atom stereocenters. The summed E-state index contributed by atoms with van der Waals surface area (Å²) in [4.78, 5) is 20.5. The fourth-order valence-corrected chi connectivity index (χ4v) is 2.52. The van der Waals surface area contributed by atoms with E-state index < -0.39 is 5.97 Å². The van der Waals surface area contributed by atoms with Crippen molar-refractivity contribution in [3.05, 3.63) is 71.7 Å². The molecule has 0 spiro atoms. The molecule has 7 heteroatoms. The van der Waals surface area contributed by atoms with E-state index in [0.29, 0.717) is 16.3 Å². The van der Waals surface area contributed by atoms with Crippen LogP contribution in [0.4, 0.5) is 0 Å². The van der Waals surface area contributed by atoms with Gasteiger partial charge in [-0.25, -0.2) is 14.8 Å². The van der Waals surface area contributed by atoms with E-state index in [1.807, 2.05) is 4.40 Å². The summed E-state index contributed by atoms with van der Waals surface area (Å²) in [5.74, 6) is -0.399. The van der Waals surface area contributed by atoms with Crippen molar-refractivity contribution in [2.45, 2.75) is 6.61 Å². The van der Waals surface area contributed by atoms with Crippen LogP contribution in [0.15, 0.2) is 55.4 Å². The smallest absolute Gasteiger partial charge is 0.338 e. The van der Waals surface area contributed by atoms with Crippen molar-refractivity contribution < 1.29 is 9.53 Å². The molecule has 0 saturated heterocycles. The highest BCUT2D eigenvalue weighted by Gasteiger charge is 2.10. The number of carbonyl (C=O) groups excluding carboxylic acids is 1. The Morgan fingerprint density at radius 3 is 3.04 bits per heavy atom. The standard InChI is InChI=1S/C16H11ClN4O2/c17-12-1-2-15-19-13(8-21(15)7-12)9-23-16(22)11-3-4-20-10-18-6-14(20)5-11/h1-8,10H,9H2. The SMILES string of the molecule is O=C(OCc1cn2cc(Cl)ccc2n1)c1ccn2cncc2c1. The minimum Gasteiger partial charge on any atom is -0.456 e. The number of aromatic nitrogens is 4. The molecular weight excluding hydrogens is 316 g/mol. The molecule has 6 nitrogen and oxygen atoms in total. The van der Waals surface area contributed by atoms with E-state index in [9.17, 15) is 4.79 Å². The second-order valence-electron chi connectivity index (χ2n) is 5.06. The number of nitrogens with zero attached hydrogens (tertiary/aromatic N) is 4.